The van der Waals surface area contributed by atoms with Gasteiger partial charge in [-0.25, -0.2) is 0 Å². The van der Waals surface area contributed by atoms with E-state index in [1.165, 1.54) is 48.8 Å². The molecule has 0 aliphatic heterocycles. The van der Waals surface area contributed by atoms with E-state index in [0.717, 1.165) is 0 Å². The maximum absolute atomic E-state index is 2.35. The molecule has 0 spiro atoms. The van der Waals surface area contributed by atoms with Crippen LogP contribution in [-0.4, -0.2) is 0 Å². The van der Waals surface area contributed by atoms with Gasteiger partial charge in [0.15, 0.2) is 0 Å². The van der Waals surface area contributed by atoms with E-state index in [1.807, 2.05) is 0 Å². The molecule has 8 rings (SSSR count). The summed E-state index contributed by atoms with van der Waals surface area (Å²) in [6.07, 6.45) is 15.6. The van der Waals surface area contributed by atoms with Crippen LogP contribution in [-0.2, 0) is 17.1 Å². The molecule has 50 heavy (non-hydrogen) atoms. The van der Waals surface area contributed by atoms with Gasteiger partial charge in [-0.3, -0.25) is 0 Å². The van der Waals surface area contributed by atoms with Crippen LogP contribution < -0.4 is 31.8 Å². The van der Waals surface area contributed by atoms with E-state index < -0.39 is 23.8 Å². The molecule has 2 aliphatic rings. The van der Waals surface area contributed by atoms with Crippen LogP contribution in [0.15, 0.2) is 182 Å². The topological polar surface area (TPSA) is 0 Å². The average Bonchev–Trinajstić information content (AvgIpc) is 3.89. The Morgan fingerprint density at radius 1 is 0.240 bits per heavy atom. The fourth-order valence-corrected chi connectivity index (χ4v) is 13.6. The Labute approximate surface area is 314 Å². The molecule has 10 radical (unpaired) electrons. The molecule has 0 unspecified atom stereocenters. The third kappa shape index (κ3) is 9.13. The molecule has 0 atom stereocenters. The van der Waals surface area contributed by atoms with Gasteiger partial charge in [0.25, 0.3) is 0 Å². The first-order valence-electron chi connectivity index (χ1n) is 16.5. The molecule has 0 bridgehead atoms. The summed E-state index contributed by atoms with van der Waals surface area (Å²) in [6.45, 7) is 0. The number of benzene rings is 6. The second kappa shape index (κ2) is 19.1. The van der Waals surface area contributed by atoms with Gasteiger partial charge in [0, 0.05) is 17.0 Å². The van der Waals surface area contributed by atoms with Crippen LogP contribution in [0.1, 0.15) is 0 Å². The Bertz CT molecular complexity index is 1590. The predicted octanol–water partition coefficient (Wildman–Crippen LogP) is 9.42. The van der Waals surface area contributed by atoms with E-state index in [-0.39, 0.29) is 17.1 Å². The molecule has 2 saturated carbocycles. The molecule has 4 heteroatoms. The van der Waals surface area contributed by atoms with Gasteiger partial charge in [-0.15, -0.1) is 0 Å². The smallest absolute Gasteiger partial charge is 0.0622 e. The van der Waals surface area contributed by atoms with Crippen molar-refractivity contribution in [1.29, 1.82) is 0 Å². The Morgan fingerprint density at radius 2 is 0.480 bits per heavy atom. The summed E-state index contributed by atoms with van der Waals surface area (Å²) in [4.78, 5) is 0. The van der Waals surface area contributed by atoms with Crippen LogP contribution in [0.25, 0.3) is 0 Å². The van der Waals surface area contributed by atoms with E-state index in [0.29, 0.717) is 0 Å². The molecule has 6 aromatic rings. The maximum Gasteiger partial charge on any atom is 2.00 e. The van der Waals surface area contributed by atoms with Crippen molar-refractivity contribution in [3.8, 4) is 0 Å². The van der Waals surface area contributed by atoms with Gasteiger partial charge in [-0.1, -0.05) is 182 Å². The van der Waals surface area contributed by atoms with E-state index in [4.69, 9.17) is 0 Å². The molecule has 2 fully saturated rings. The van der Waals surface area contributed by atoms with Gasteiger partial charge in [0.05, 0.1) is 0 Å². The summed E-state index contributed by atoms with van der Waals surface area (Å²) >= 11 is 0. The van der Waals surface area contributed by atoms with Crippen LogP contribution in [0.2, 0.25) is 0 Å². The zero-order chi connectivity index (χ0) is 33.1. The zero-order valence-electron chi connectivity index (χ0n) is 27.6. The normalized spacial score (nSPS) is 15.2. The van der Waals surface area contributed by atoms with Crippen molar-refractivity contribution in [2.24, 2.45) is 0 Å². The molecule has 0 nitrogen and oxygen atoms in total. The molecule has 0 heterocycles. The van der Waals surface area contributed by atoms with Gasteiger partial charge in [-0.05, 0) is 101 Å². The van der Waals surface area contributed by atoms with E-state index in [2.05, 4.69) is 227 Å². The first-order chi connectivity index (χ1) is 24.4. The van der Waals surface area contributed by atoms with Crippen LogP contribution >= 0.6 is 23.8 Å². The molecule has 0 aromatic heterocycles. The van der Waals surface area contributed by atoms with Crippen molar-refractivity contribution in [2.75, 3.05) is 0 Å². The Hall–Kier alpha value is -2.87. The van der Waals surface area contributed by atoms with Gasteiger partial charge in [0.1, 0.15) is 0 Å². The zero-order valence-corrected chi connectivity index (χ0v) is 31.3. The summed E-state index contributed by atoms with van der Waals surface area (Å²) in [5, 5.41) is 8.40. The molecule has 0 amide bonds. The summed E-state index contributed by atoms with van der Waals surface area (Å²) in [5.41, 5.74) is 4.35. The van der Waals surface area contributed by atoms with Crippen LogP contribution in [0.3, 0.4) is 0 Å². The minimum atomic E-state index is -0.627. The third-order valence-electron chi connectivity index (χ3n) is 8.24. The van der Waals surface area contributed by atoms with Crippen molar-refractivity contribution >= 4 is 55.6 Å². The molecular formula is C46H37FeP3+2. The summed E-state index contributed by atoms with van der Waals surface area (Å²) in [6, 6.07) is 65.5. The van der Waals surface area contributed by atoms with Gasteiger partial charge in [0.2, 0.25) is 0 Å². The van der Waals surface area contributed by atoms with Gasteiger partial charge >= 0.3 is 17.1 Å². The molecule has 2 aliphatic carbocycles. The second-order valence-corrected chi connectivity index (χ2v) is 18.0. The first kappa shape index (κ1) is 36.9. The number of hydrogen-bond donors (Lipinski definition) is 0. The van der Waals surface area contributed by atoms with Crippen molar-refractivity contribution in [1.82, 2.24) is 0 Å². The fourth-order valence-electron chi connectivity index (χ4n) is 6.06. The Morgan fingerprint density at radius 3 is 0.740 bits per heavy atom. The third-order valence-corrected chi connectivity index (χ3v) is 15.9. The van der Waals surface area contributed by atoms with Crippen LogP contribution in [0.4, 0.5) is 0 Å². The molecular weight excluding hydrogens is 701 g/mol. The minimum absolute atomic E-state index is 0. The number of hydrogen-bond acceptors (Lipinski definition) is 0. The van der Waals surface area contributed by atoms with Crippen molar-refractivity contribution in [2.45, 2.75) is 0 Å². The molecule has 242 valence electrons. The molecule has 6 aromatic carbocycles. The Kier molecular flexibility index (Phi) is 14.1. The average molecular weight is 739 g/mol. The minimum Gasteiger partial charge on any atom is -0.0622 e. The molecule has 0 N–H and O–H groups in total. The second-order valence-electron chi connectivity index (χ2n) is 11.5. The van der Waals surface area contributed by atoms with Crippen molar-refractivity contribution in [3.05, 3.63) is 244 Å². The summed E-state index contributed by atoms with van der Waals surface area (Å²) in [5.74, 6) is 0. The van der Waals surface area contributed by atoms with Gasteiger partial charge < -0.3 is 0 Å². The fraction of sp³-hybridized carbons (Fsp3) is 0. The Balaban J connectivity index is 0.000000194. The summed E-state index contributed by atoms with van der Waals surface area (Å²) < 4.78 is 0. The maximum atomic E-state index is 2.35. The van der Waals surface area contributed by atoms with E-state index in [9.17, 15) is 0 Å². The largest absolute Gasteiger partial charge is 2.00 e. The van der Waals surface area contributed by atoms with Gasteiger partial charge in [-0.2, -0.15) is 0 Å². The monoisotopic (exact) mass is 738 g/mol. The summed E-state index contributed by atoms with van der Waals surface area (Å²) in [7, 11) is -1.66. The van der Waals surface area contributed by atoms with Crippen LogP contribution in [0.5, 0.6) is 0 Å². The van der Waals surface area contributed by atoms with Crippen LogP contribution in [0, 0.1) is 61.9 Å². The van der Waals surface area contributed by atoms with Crippen molar-refractivity contribution < 1.29 is 17.1 Å². The molecule has 0 saturated heterocycles. The SMILES string of the molecule is [CH]1[CH][CH][C](P(c2ccccc2)c2ccccc2)[CH]1.[CH]1[CH][C](P(c2ccccc2)c2ccccc2)[C](P(c2ccccc2)c2ccccc2)[CH]1.[Fe+2]. The number of rotatable bonds is 9. The standard InChI is InChI=1S/C29H23P2.C17H14P.Fe/c1-5-14-24(15-6-1)30(25-16-7-2-8-17-25)28-22-13-23-29(28)31(26-18-9-3-10-19-26)27-20-11-4-12-21-27;1-3-9-15(10-4-1)18(17-13-7-8-14-17)16-11-5-2-6-12-16;/h1-23H;1-14H;/q;;+2. The van der Waals surface area contributed by atoms with E-state index >= 15 is 0 Å². The first-order valence-corrected chi connectivity index (χ1v) is 20.6. The predicted molar refractivity (Wildman–Crippen MR) is 217 cm³/mol. The van der Waals surface area contributed by atoms with E-state index in [1.54, 1.807) is 0 Å². The quantitative estimate of drug-likeness (QED) is 0.103. The van der Waals surface area contributed by atoms with Crippen molar-refractivity contribution in [3.63, 3.8) is 0 Å².